The summed E-state index contributed by atoms with van der Waals surface area (Å²) in [6.07, 6.45) is 2.88. The zero-order valence-electron chi connectivity index (χ0n) is 14.0. The Balaban J connectivity index is 1.60. The van der Waals surface area contributed by atoms with Gasteiger partial charge in [0.2, 0.25) is 5.91 Å². The Morgan fingerprint density at radius 3 is 2.87 bits per heavy atom. The number of piperidine rings is 1. The smallest absolute Gasteiger partial charge is 0.228 e. The normalized spacial score (nSPS) is 29.7. The predicted octanol–water partition coefficient (Wildman–Crippen LogP) is 2.02. The van der Waals surface area contributed by atoms with Crippen LogP contribution in [0.4, 0.5) is 0 Å². The summed E-state index contributed by atoms with van der Waals surface area (Å²) in [6, 6.07) is 0. The van der Waals surface area contributed by atoms with Crippen LogP contribution in [0.3, 0.4) is 0 Å². The van der Waals surface area contributed by atoms with Gasteiger partial charge in [-0.05, 0) is 32.1 Å². The monoisotopic (exact) mass is 338 g/mol. The van der Waals surface area contributed by atoms with Gasteiger partial charge in [0, 0.05) is 37.6 Å². The Bertz CT molecular complexity index is 556. The van der Waals surface area contributed by atoms with E-state index in [-0.39, 0.29) is 11.8 Å². The summed E-state index contributed by atoms with van der Waals surface area (Å²) in [5.74, 6) is 0.515. The van der Waals surface area contributed by atoms with Gasteiger partial charge in [-0.3, -0.25) is 4.79 Å². The Labute approximate surface area is 141 Å². The molecule has 0 radical (unpaired) electrons. The van der Waals surface area contributed by atoms with E-state index in [1.165, 1.54) is 0 Å². The average molecular weight is 338 g/mol. The average Bonchev–Trinajstić information content (AvgIpc) is 2.96. The molecule has 0 saturated carbocycles. The van der Waals surface area contributed by atoms with Crippen molar-refractivity contribution in [2.75, 3.05) is 26.3 Å². The quantitative estimate of drug-likeness (QED) is 0.916. The molecule has 0 spiro atoms. The van der Waals surface area contributed by atoms with Crippen LogP contribution in [0.2, 0.25) is 0 Å². The van der Waals surface area contributed by atoms with Crippen molar-refractivity contribution in [3.05, 3.63) is 16.1 Å². The molecule has 3 heterocycles. The number of hydrogen-bond acceptors (Lipinski definition) is 5. The number of hydrogen-bond donors (Lipinski definition) is 1. The van der Waals surface area contributed by atoms with Gasteiger partial charge in [-0.15, -0.1) is 11.3 Å². The van der Waals surface area contributed by atoms with E-state index in [2.05, 4.69) is 11.9 Å². The number of carbonyl (C=O) groups excluding carboxylic acids is 1. The largest absolute Gasteiger partial charge is 0.389 e. The Kier molecular flexibility index (Phi) is 5.04. The molecule has 23 heavy (non-hydrogen) atoms. The Hall–Kier alpha value is -0.980. The first-order valence-electron chi connectivity index (χ1n) is 8.48. The van der Waals surface area contributed by atoms with Gasteiger partial charge in [0.1, 0.15) is 0 Å². The number of amides is 1. The molecule has 1 aromatic heterocycles. The minimum Gasteiger partial charge on any atom is -0.389 e. The summed E-state index contributed by atoms with van der Waals surface area (Å²) in [5, 5.41) is 14.1. The standard InChI is InChI=1S/C17H26N2O3S/c1-12-10-19(16(20)9-15-11-23-13(2)18-15)6-5-17(12,21)14-3-7-22-8-4-14/h11-12,14,21H,3-10H2,1-2H3. The van der Waals surface area contributed by atoms with Gasteiger partial charge in [-0.25, -0.2) is 4.98 Å². The second-order valence-electron chi connectivity index (χ2n) is 6.90. The summed E-state index contributed by atoms with van der Waals surface area (Å²) >= 11 is 1.58. The molecule has 2 atom stereocenters. The van der Waals surface area contributed by atoms with Crippen LogP contribution in [0.25, 0.3) is 0 Å². The van der Waals surface area contributed by atoms with E-state index in [1.54, 1.807) is 11.3 Å². The molecule has 1 amide bonds. The summed E-state index contributed by atoms with van der Waals surface area (Å²) in [4.78, 5) is 18.8. The highest BCUT2D eigenvalue weighted by Crippen LogP contribution is 2.39. The highest BCUT2D eigenvalue weighted by atomic mass is 32.1. The number of ether oxygens (including phenoxy) is 1. The highest BCUT2D eigenvalue weighted by Gasteiger charge is 2.45. The molecule has 2 saturated heterocycles. The fraction of sp³-hybridized carbons (Fsp3) is 0.765. The van der Waals surface area contributed by atoms with Crippen LogP contribution < -0.4 is 0 Å². The van der Waals surface area contributed by atoms with E-state index in [0.29, 0.717) is 31.8 Å². The number of nitrogens with zero attached hydrogens (tertiary/aromatic N) is 2. The van der Waals surface area contributed by atoms with E-state index in [0.717, 1.165) is 36.8 Å². The van der Waals surface area contributed by atoms with Gasteiger partial charge in [0.15, 0.2) is 0 Å². The maximum Gasteiger partial charge on any atom is 0.228 e. The first-order valence-corrected chi connectivity index (χ1v) is 9.36. The zero-order valence-corrected chi connectivity index (χ0v) is 14.8. The molecule has 1 N–H and O–H groups in total. The van der Waals surface area contributed by atoms with Crippen molar-refractivity contribution in [1.82, 2.24) is 9.88 Å². The second kappa shape index (κ2) is 6.87. The summed E-state index contributed by atoms with van der Waals surface area (Å²) in [6.45, 7) is 6.78. The lowest BCUT2D eigenvalue weighted by Gasteiger charge is -2.48. The first kappa shape index (κ1) is 16.9. The maximum absolute atomic E-state index is 12.5. The summed E-state index contributed by atoms with van der Waals surface area (Å²) in [7, 11) is 0. The molecule has 5 nitrogen and oxygen atoms in total. The molecule has 2 unspecified atom stereocenters. The SMILES string of the molecule is Cc1nc(CC(=O)N2CCC(O)(C3CCOCC3)C(C)C2)cs1. The van der Waals surface area contributed by atoms with E-state index >= 15 is 0 Å². The maximum atomic E-state index is 12.5. The number of thiazole rings is 1. The molecule has 0 bridgehead atoms. The van der Waals surface area contributed by atoms with Crippen molar-refractivity contribution in [1.29, 1.82) is 0 Å². The molecule has 3 rings (SSSR count). The van der Waals surface area contributed by atoms with Crippen LogP contribution in [-0.4, -0.2) is 52.8 Å². The predicted molar refractivity (Wildman–Crippen MR) is 89.4 cm³/mol. The molecule has 0 aliphatic carbocycles. The molecule has 6 heteroatoms. The molecular weight excluding hydrogens is 312 g/mol. The van der Waals surface area contributed by atoms with Gasteiger partial charge >= 0.3 is 0 Å². The topological polar surface area (TPSA) is 62.7 Å². The fourth-order valence-electron chi connectivity index (χ4n) is 3.93. The lowest BCUT2D eigenvalue weighted by Crippen LogP contribution is -2.57. The van der Waals surface area contributed by atoms with Crippen LogP contribution in [0.5, 0.6) is 0 Å². The van der Waals surface area contributed by atoms with E-state index in [1.807, 2.05) is 17.2 Å². The van der Waals surface area contributed by atoms with E-state index in [9.17, 15) is 9.90 Å². The van der Waals surface area contributed by atoms with Gasteiger partial charge in [0.05, 0.1) is 22.7 Å². The molecule has 2 aliphatic rings. The first-order chi connectivity index (χ1) is 11.0. The summed E-state index contributed by atoms with van der Waals surface area (Å²) < 4.78 is 5.42. The fourth-order valence-corrected chi connectivity index (χ4v) is 4.54. The minimum absolute atomic E-state index is 0.0977. The van der Waals surface area contributed by atoms with Crippen LogP contribution in [0.15, 0.2) is 5.38 Å². The molecular formula is C17H26N2O3S. The Morgan fingerprint density at radius 1 is 1.52 bits per heavy atom. The van der Waals surface area contributed by atoms with Gasteiger partial charge in [0.25, 0.3) is 0 Å². The lowest BCUT2D eigenvalue weighted by molar-refractivity contribution is -0.150. The molecule has 0 aromatic carbocycles. The third-order valence-corrected chi connectivity index (χ3v) is 6.23. The van der Waals surface area contributed by atoms with Crippen molar-refractivity contribution in [3.8, 4) is 0 Å². The number of carbonyl (C=O) groups is 1. The number of aliphatic hydroxyl groups is 1. The van der Waals surface area contributed by atoms with Crippen molar-refractivity contribution in [3.63, 3.8) is 0 Å². The lowest BCUT2D eigenvalue weighted by atomic mass is 9.70. The Morgan fingerprint density at radius 2 is 2.26 bits per heavy atom. The van der Waals surface area contributed by atoms with Crippen molar-refractivity contribution < 1.29 is 14.6 Å². The molecule has 1 aromatic rings. The number of aromatic nitrogens is 1. The molecule has 2 fully saturated rings. The van der Waals surface area contributed by atoms with Crippen LogP contribution >= 0.6 is 11.3 Å². The van der Waals surface area contributed by atoms with E-state index in [4.69, 9.17) is 4.74 Å². The number of likely N-dealkylation sites (tertiary alicyclic amines) is 1. The third-order valence-electron chi connectivity index (χ3n) is 5.41. The van der Waals surface area contributed by atoms with E-state index < -0.39 is 5.60 Å². The zero-order chi connectivity index (χ0) is 16.4. The van der Waals surface area contributed by atoms with Gasteiger partial charge < -0.3 is 14.7 Å². The number of rotatable bonds is 3. The number of aryl methyl sites for hydroxylation is 1. The second-order valence-corrected chi connectivity index (χ2v) is 7.97. The van der Waals surface area contributed by atoms with Crippen LogP contribution in [-0.2, 0) is 16.0 Å². The van der Waals surface area contributed by atoms with Crippen LogP contribution in [0.1, 0.15) is 36.9 Å². The minimum atomic E-state index is -0.655. The highest BCUT2D eigenvalue weighted by molar-refractivity contribution is 7.09. The molecule has 2 aliphatic heterocycles. The summed E-state index contributed by atoms with van der Waals surface area (Å²) in [5.41, 5.74) is 0.202. The van der Waals surface area contributed by atoms with Crippen molar-refractivity contribution in [2.24, 2.45) is 11.8 Å². The van der Waals surface area contributed by atoms with Crippen LogP contribution in [0, 0.1) is 18.8 Å². The van der Waals surface area contributed by atoms with Crippen molar-refractivity contribution >= 4 is 17.2 Å². The van der Waals surface area contributed by atoms with Gasteiger partial charge in [-0.2, -0.15) is 0 Å². The van der Waals surface area contributed by atoms with Gasteiger partial charge in [-0.1, -0.05) is 6.92 Å². The van der Waals surface area contributed by atoms with Crippen molar-refractivity contribution in [2.45, 2.75) is 45.1 Å². The third kappa shape index (κ3) is 3.59. The molecule has 128 valence electrons.